The van der Waals surface area contributed by atoms with Crippen molar-refractivity contribution in [2.45, 2.75) is 26.4 Å². The molecule has 0 aliphatic carbocycles. The number of benzene rings is 1. The third-order valence-electron chi connectivity index (χ3n) is 4.39. The van der Waals surface area contributed by atoms with Crippen molar-refractivity contribution >= 4 is 23.3 Å². The van der Waals surface area contributed by atoms with Crippen molar-refractivity contribution in [3.63, 3.8) is 0 Å². The molecule has 2 heterocycles. The first kappa shape index (κ1) is 20.5. The van der Waals surface area contributed by atoms with Crippen LogP contribution in [-0.2, 0) is 24.3 Å². The molecule has 2 N–H and O–H groups in total. The minimum absolute atomic E-state index is 0.0907. The zero-order chi connectivity index (χ0) is 20.6. The second kappa shape index (κ2) is 9.84. The molecule has 8 heteroatoms. The lowest BCUT2D eigenvalue weighted by Gasteiger charge is -2.13. The van der Waals surface area contributed by atoms with Gasteiger partial charge in [-0.25, -0.2) is 4.98 Å². The Labute approximate surface area is 173 Å². The van der Waals surface area contributed by atoms with E-state index >= 15 is 0 Å². The lowest BCUT2D eigenvalue weighted by atomic mass is 10.2. The standard InChI is InChI=1S/C21H22ClN5O2/c1-15-12-26-20(24-11-9-17-7-4-5-10-23-17)21(29)27(15)14-19(28)25-13-16-6-2-3-8-18(16)22/h2-8,10,12H,9,11,13-14H2,1H3,(H,24,26)(H,25,28). The minimum Gasteiger partial charge on any atom is -0.365 e. The number of carbonyl (C=O) groups excluding carboxylic acids is 1. The largest absolute Gasteiger partial charge is 0.365 e. The number of nitrogens with zero attached hydrogens (tertiary/aromatic N) is 3. The number of amides is 1. The van der Waals surface area contributed by atoms with Crippen LogP contribution >= 0.6 is 11.6 Å². The smallest absolute Gasteiger partial charge is 0.293 e. The van der Waals surface area contributed by atoms with Crippen LogP contribution < -0.4 is 16.2 Å². The van der Waals surface area contributed by atoms with Crippen LogP contribution in [0.15, 0.2) is 59.7 Å². The molecule has 0 saturated heterocycles. The molecule has 0 saturated carbocycles. The van der Waals surface area contributed by atoms with Crippen molar-refractivity contribution < 1.29 is 4.79 Å². The van der Waals surface area contributed by atoms with Crippen molar-refractivity contribution in [3.05, 3.63) is 87.2 Å². The van der Waals surface area contributed by atoms with Crippen molar-refractivity contribution in [3.8, 4) is 0 Å². The molecule has 3 aromatic rings. The zero-order valence-electron chi connectivity index (χ0n) is 16.1. The van der Waals surface area contributed by atoms with E-state index in [-0.39, 0.29) is 23.8 Å². The van der Waals surface area contributed by atoms with E-state index in [1.165, 1.54) is 4.57 Å². The maximum absolute atomic E-state index is 12.7. The van der Waals surface area contributed by atoms with Gasteiger partial charge in [0, 0.05) is 48.3 Å². The number of hydrogen-bond acceptors (Lipinski definition) is 5. The Morgan fingerprint density at radius 3 is 2.69 bits per heavy atom. The minimum atomic E-state index is -0.334. The molecule has 0 spiro atoms. The van der Waals surface area contributed by atoms with Crippen LogP contribution in [0.1, 0.15) is 17.0 Å². The van der Waals surface area contributed by atoms with Gasteiger partial charge in [0.25, 0.3) is 5.56 Å². The van der Waals surface area contributed by atoms with E-state index < -0.39 is 0 Å². The number of pyridine rings is 1. The summed E-state index contributed by atoms with van der Waals surface area (Å²) in [6, 6.07) is 13.0. The summed E-state index contributed by atoms with van der Waals surface area (Å²) < 4.78 is 1.40. The molecule has 0 aliphatic heterocycles. The Balaban J connectivity index is 1.61. The van der Waals surface area contributed by atoms with Gasteiger partial charge in [-0.15, -0.1) is 0 Å². The maximum atomic E-state index is 12.7. The van der Waals surface area contributed by atoms with Gasteiger partial charge in [-0.05, 0) is 30.7 Å². The van der Waals surface area contributed by atoms with Crippen LogP contribution in [0.3, 0.4) is 0 Å². The second-order valence-corrected chi connectivity index (χ2v) is 6.91. The SMILES string of the molecule is Cc1cnc(NCCc2ccccn2)c(=O)n1CC(=O)NCc1ccccc1Cl. The van der Waals surface area contributed by atoms with Gasteiger partial charge in [0.15, 0.2) is 5.82 Å². The van der Waals surface area contributed by atoms with Crippen LogP contribution in [0, 0.1) is 6.92 Å². The molecule has 0 radical (unpaired) electrons. The lowest BCUT2D eigenvalue weighted by molar-refractivity contribution is -0.121. The highest BCUT2D eigenvalue weighted by atomic mass is 35.5. The van der Waals surface area contributed by atoms with Gasteiger partial charge in [-0.2, -0.15) is 0 Å². The molecular weight excluding hydrogens is 390 g/mol. The summed E-state index contributed by atoms with van der Waals surface area (Å²) in [5, 5.41) is 6.42. The highest BCUT2D eigenvalue weighted by Crippen LogP contribution is 2.14. The summed E-state index contributed by atoms with van der Waals surface area (Å²) in [5.74, 6) is -0.0637. The Kier molecular flexibility index (Phi) is 6.97. The van der Waals surface area contributed by atoms with E-state index in [9.17, 15) is 9.59 Å². The summed E-state index contributed by atoms with van der Waals surface area (Å²) in [7, 11) is 0. The van der Waals surface area contributed by atoms with E-state index in [1.54, 1.807) is 25.4 Å². The fourth-order valence-electron chi connectivity index (χ4n) is 2.78. The molecule has 0 unspecified atom stereocenters. The molecule has 1 amide bonds. The topological polar surface area (TPSA) is 88.9 Å². The number of aromatic nitrogens is 3. The van der Waals surface area contributed by atoms with Crippen LogP contribution in [0.5, 0.6) is 0 Å². The number of hydrogen-bond donors (Lipinski definition) is 2. The first-order valence-electron chi connectivity index (χ1n) is 9.25. The van der Waals surface area contributed by atoms with Gasteiger partial charge < -0.3 is 10.6 Å². The fourth-order valence-corrected chi connectivity index (χ4v) is 2.98. The molecule has 0 bridgehead atoms. The lowest BCUT2D eigenvalue weighted by Crippen LogP contribution is -2.34. The highest BCUT2D eigenvalue weighted by molar-refractivity contribution is 6.31. The van der Waals surface area contributed by atoms with E-state index in [2.05, 4.69) is 20.6 Å². The van der Waals surface area contributed by atoms with Crippen LogP contribution in [0.25, 0.3) is 0 Å². The average molecular weight is 412 g/mol. The number of aryl methyl sites for hydroxylation is 1. The van der Waals surface area contributed by atoms with Gasteiger partial charge in [0.1, 0.15) is 6.54 Å². The van der Waals surface area contributed by atoms with Gasteiger partial charge >= 0.3 is 0 Å². The Morgan fingerprint density at radius 1 is 1.14 bits per heavy atom. The van der Waals surface area contributed by atoms with Crippen LogP contribution in [-0.4, -0.2) is 27.0 Å². The summed E-state index contributed by atoms with van der Waals surface area (Å²) in [4.78, 5) is 33.5. The molecule has 0 fully saturated rings. The molecule has 2 aromatic heterocycles. The fraction of sp³-hybridized carbons (Fsp3) is 0.238. The molecule has 1 aromatic carbocycles. The summed E-state index contributed by atoms with van der Waals surface area (Å²) in [6.07, 6.45) is 3.97. The third-order valence-corrected chi connectivity index (χ3v) is 4.76. The van der Waals surface area contributed by atoms with Gasteiger partial charge in [-0.1, -0.05) is 35.9 Å². The number of rotatable bonds is 8. The summed E-state index contributed by atoms with van der Waals surface area (Å²) >= 11 is 6.10. The monoisotopic (exact) mass is 411 g/mol. The molecule has 150 valence electrons. The first-order valence-corrected chi connectivity index (χ1v) is 9.62. The summed E-state index contributed by atoms with van der Waals surface area (Å²) in [6.45, 7) is 2.47. The first-order chi connectivity index (χ1) is 14.0. The Bertz CT molecular complexity index is 1040. The third kappa shape index (κ3) is 5.65. The number of carbonyl (C=O) groups is 1. The zero-order valence-corrected chi connectivity index (χ0v) is 16.8. The molecular formula is C21H22ClN5O2. The normalized spacial score (nSPS) is 10.6. The van der Waals surface area contributed by atoms with Crippen molar-refractivity contribution in [2.75, 3.05) is 11.9 Å². The average Bonchev–Trinajstić information content (AvgIpc) is 2.73. The quantitative estimate of drug-likeness (QED) is 0.594. The van der Waals surface area contributed by atoms with Crippen LogP contribution in [0.4, 0.5) is 5.82 Å². The van der Waals surface area contributed by atoms with Gasteiger partial charge in [0.05, 0.1) is 0 Å². The van der Waals surface area contributed by atoms with E-state index in [1.807, 2.05) is 36.4 Å². The summed E-state index contributed by atoms with van der Waals surface area (Å²) in [5.41, 5.74) is 2.02. The van der Waals surface area contributed by atoms with Gasteiger partial charge in [-0.3, -0.25) is 19.1 Å². The predicted octanol–water partition coefficient (Wildman–Crippen LogP) is 2.57. The maximum Gasteiger partial charge on any atom is 0.293 e. The van der Waals surface area contributed by atoms with Crippen molar-refractivity contribution in [2.24, 2.45) is 0 Å². The van der Waals surface area contributed by atoms with E-state index in [4.69, 9.17) is 11.6 Å². The number of nitrogens with one attached hydrogen (secondary N) is 2. The highest BCUT2D eigenvalue weighted by Gasteiger charge is 2.12. The Hall–Kier alpha value is -3.19. The van der Waals surface area contributed by atoms with Crippen molar-refractivity contribution in [1.82, 2.24) is 19.9 Å². The van der Waals surface area contributed by atoms with E-state index in [0.29, 0.717) is 30.2 Å². The number of halogens is 1. The van der Waals surface area contributed by atoms with Crippen LogP contribution in [0.2, 0.25) is 5.02 Å². The molecule has 7 nitrogen and oxygen atoms in total. The van der Waals surface area contributed by atoms with Gasteiger partial charge in [0.2, 0.25) is 5.91 Å². The molecule has 0 atom stereocenters. The second-order valence-electron chi connectivity index (χ2n) is 6.51. The number of anilines is 1. The predicted molar refractivity (Wildman–Crippen MR) is 113 cm³/mol. The molecule has 29 heavy (non-hydrogen) atoms. The van der Waals surface area contributed by atoms with Crippen molar-refractivity contribution in [1.29, 1.82) is 0 Å². The molecule has 3 rings (SSSR count). The Morgan fingerprint density at radius 2 is 1.93 bits per heavy atom. The molecule has 0 aliphatic rings. The van der Waals surface area contributed by atoms with E-state index in [0.717, 1.165) is 11.3 Å².